The van der Waals surface area contributed by atoms with Crippen LogP contribution in [0.5, 0.6) is 0 Å². The number of carbonyl (C=O) groups excluding carboxylic acids is 1. The Morgan fingerprint density at radius 1 is 1.07 bits per heavy atom. The maximum absolute atomic E-state index is 12.3. The number of nitrogens with zero attached hydrogens (tertiary/aromatic N) is 1. The third-order valence-electron chi connectivity index (χ3n) is 5.12. The molecule has 6 heteroatoms. The van der Waals surface area contributed by atoms with E-state index in [1.165, 1.54) is 0 Å². The molecule has 0 fully saturated rings. The van der Waals surface area contributed by atoms with Crippen LogP contribution in [0.2, 0.25) is 0 Å². The van der Waals surface area contributed by atoms with Crippen molar-refractivity contribution in [3.63, 3.8) is 0 Å². The van der Waals surface area contributed by atoms with Gasteiger partial charge in [0, 0.05) is 11.9 Å². The third-order valence-corrected chi connectivity index (χ3v) is 7.35. The summed E-state index contributed by atoms with van der Waals surface area (Å²) in [7, 11) is 3.19. The second-order valence-electron chi connectivity index (χ2n) is 9.06. The summed E-state index contributed by atoms with van der Waals surface area (Å²) >= 11 is 0. The van der Waals surface area contributed by atoms with Gasteiger partial charge in [-0.1, -0.05) is 72.3 Å². The first kappa shape index (κ1) is 24.2. The van der Waals surface area contributed by atoms with Gasteiger partial charge in [-0.15, -0.1) is 0 Å². The number of hydrogen-bond acceptors (Lipinski definition) is 6. The molecule has 1 aromatic rings. The molecule has 3 atom stereocenters. The lowest BCUT2D eigenvalue weighted by Gasteiger charge is -2.41. The van der Waals surface area contributed by atoms with E-state index in [1.54, 1.807) is 27.8 Å². The van der Waals surface area contributed by atoms with Gasteiger partial charge < -0.3 is 9.47 Å². The number of ether oxygens (including phenoxy) is 2. The largest absolute Gasteiger partial charge is 0.508 e. The van der Waals surface area contributed by atoms with Crippen LogP contribution in [0.4, 0.5) is 4.79 Å². The summed E-state index contributed by atoms with van der Waals surface area (Å²) < 4.78 is 11.1. The highest BCUT2D eigenvalue weighted by Gasteiger charge is 2.39. The fourth-order valence-corrected chi connectivity index (χ4v) is 4.13. The van der Waals surface area contributed by atoms with E-state index in [9.17, 15) is 4.79 Å². The van der Waals surface area contributed by atoms with Crippen LogP contribution in [0.15, 0.2) is 29.4 Å². The Kier molecular flexibility index (Phi) is 9.49. The van der Waals surface area contributed by atoms with Gasteiger partial charge in [0.2, 0.25) is 0 Å². The molecule has 0 amide bonds. The SMILES string of the molecule is CC([C@H](OC(=O)OCCSSc1ccccn1)[C@@H](C)C(C)(C)C)C(C)(C)C. The Hall–Kier alpha value is -0.880. The van der Waals surface area contributed by atoms with Gasteiger partial charge in [-0.2, -0.15) is 0 Å². The lowest BCUT2D eigenvalue weighted by atomic mass is 9.69. The van der Waals surface area contributed by atoms with Crippen molar-refractivity contribution in [1.29, 1.82) is 0 Å². The Morgan fingerprint density at radius 3 is 2.15 bits per heavy atom. The van der Waals surface area contributed by atoms with E-state index in [-0.39, 0.29) is 28.8 Å². The first-order valence-corrected chi connectivity index (χ1v) is 11.8. The van der Waals surface area contributed by atoms with Gasteiger partial charge >= 0.3 is 6.16 Å². The van der Waals surface area contributed by atoms with Crippen LogP contribution < -0.4 is 0 Å². The molecule has 0 bridgehead atoms. The van der Waals surface area contributed by atoms with Crippen molar-refractivity contribution in [1.82, 2.24) is 4.98 Å². The molecule has 27 heavy (non-hydrogen) atoms. The van der Waals surface area contributed by atoms with Crippen molar-refractivity contribution < 1.29 is 14.3 Å². The van der Waals surface area contributed by atoms with E-state index >= 15 is 0 Å². The number of rotatable bonds is 8. The molecule has 0 aliphatic rings. The highest BCUT2D eigenvalue weighted by molar-refractivity contribution is 8.76. The topological polar surface area (TPSA) is 48.4 Å². The number of pyridine rings is 1. The van der Waals surface area contributed by atoms with Crippen molar-refractivity contribution in [2.24, 2.45) is 22.7 Å². The van der Waals surface area contributed by atoms with Gasteiger partial charge in [-0.25, -0.2) is 9.78 Å². The van der Waals surface area contributed by atoms with Gasteiger partial charge in [0.25, 0.3) is 0 Å². The van der Waals surface area contributed by atoms with Gasteiger partial charge in [-0.05, 0) is 45.6 Å². The quantitative estimate of drug-likeness (QED) is 0.268. The fraction of sp³-hybridized carbons (Fsp3) is 0.714. The van der Waals surface area contributed by atoms with Crippen molar-refractivity contribution in [2.75, 3.05) is 12.4 Å². The van der Waals surface area contributed by atoms with Crippen LogP contribution in [0, 0.1) is 22.7 Å². The maximum atomic E-state index is 12.3. The summed E-state index contributed by atoms with van der Waals surface area (Å²) in [5, 5.41) is 0.947. The molecular weight excluding hydrogens is 378 g/mol. The van der Waals surface area contributed by atoms with E-state index in [2.05, 4.69) is 60.4 Å². The van der Waals surface area contributed by atoms with Crippen molar-refractivity contribution >= 4 is 27.7 Å². The molecule has 0 aromatic carbocycles. The highest BCUT2D eigenvalue weighted by Crippen LogP contribution is 2.39. The normalized spacial score (nSPS) is 15.7. The lowest BCUT2D eigenvalue weighted by Crippen LogP contribution is -2.42. The third kappa shape index (κ3) is 8.77. The lowest BCUT2D eigenvalue weighted by molar-refractivity contribution is -0.0600. The minimum absolute atomic E-state index is 0.0413. The Bertz CT molecular complexity index is 547. The molecule has 0 saturated carbocycles. The van der Waals surface area contributed by atoms with Gasteiger partial charge in [-0.3, -0.25) is 0 Å². The smallest absolute Gasteiger partial charge is 0.433 e. The molecule has 0 spiro atoms. The summed E-state index contributed by atoms with van der Waals surface area (Å²) in [4.78, 5) is 16.5. The van der Waals surface area contributed by atoms with Crippen LogP contribution in [0.3, 0.4) is 0 Å². The summed E-state index contributed by atoms with van der Waals surface area (Å²) in [5.41, 5.74) is 0.0826. The zero-order chi connectivity index (χ0) is 20.7. The first-order valence-electron chi connectivity index (χ1n) is 9.47. The standard InChI is InChI=1S/C21H35NO3S2/c1-15(20(3,4)5)18(16(2)21(6,7)8)25-19(23)24-13-14-26-27-17-11-9-10-12-22-17/h9-12,15-16,18H,13-14H2,1-8H3/t15-,16?,18-/m1/s1. The monoisotopic (exact) mass is 413 g/mol. The Labute approximate surface area is 173 Å². The minimum atomic E-state index is -0.573. The molecule has 4 nitrogen and oxygen atoms in total. The number of carbonyl (C=O) groups is 1. The van der Waals surface area contributed by atoms with Crippen LogP contribution in [-0.2, 0) is 9.47 Å². The molecule has 1 heterocycles. The first-order chi connectivity index (χ1) is 12.4. The second-order valence-corrected chi connectivity index (χ2v) is 11.5. The van der Waals surface area contributed by atoms with Crippen molar-refractivity contribution in [3.8, 4) is 0 Å². The summed E-state index contributed by atoms with van der Waals surface area (Å²) in [5.74, 6) is 1.12. The average molecular weight is 414 g/mol. The highest BCUT2D eigenvalue weighted by atomic mass is 33.1. The number of hydrogen-bond donors (Lipinski definition) is 0. The number of aromatic nitrogens is 1. The van der Waals surface area contributed by atoms with E-state index in [1.807, 2.05) is 18.2 Å². The van der Waals surface area contributed by atoms with Gasteiger partial charge in [0.05, 0.1) is 0 Å². The van der Waals surface area contributed by atoms with Crippen LogP contribution in [0.25, 0.3) is 0 Å². The fourth-order valence-electron chi connectivity index (χ4n) is 2.43. The van der Waals surface area contributed by atoms with Crippen molar-refractivity contribution in [3.05, 3.63) is 24.4 Å². The Morgan fingerprint density at radius 2 is 1.67 bits per heavy atom. The van der Waals surface area contributed by atoms with E-state index in [0.29, 0.717) is 12.4 Å². The average Bonchev–Trinajstić information content (AvgIpc) is 2.57. The predicted octanol–water partition coefficient (Wildman–Crippen LogP) is 6.71. The molecule has 0 aliphatic heterocycles. The van der Waals surface area contributed by atoms with Crippen LogP contribution in [-0.4, -0.2) is 29.6 Å². The summed E-state index contributed by atoms with van der Waals surface area (Å²) in [6.45, 7) is 17.7. The molecule has 154 valence electrons. The van der Waals surface area contributed by atoms with Gasteiger partial charge in [0.1, 0.15) is 17.7 Å². The molecule has 0 saturated heterocycles. The van der Waals surface area contributed by atoms with Gasteiger partial charge in [0.15, 0.2) is 0 Å². The molecule has 0 aliphatic carbocycles. The zero-order valence-corrected chi connectivity index (χ0v) is 19.6. The molecule has 1 rings (SSSR count). The Balaban J connectivity index is 2.51. The minimum Gasteiger partial charge on any atom is -0.433 e. The molecule has 0 radical (unpaired) electrons. The van der Waals surface area contributed by atoms with E-state index in [0.717, 1.165) is 5.03 Å². The van der Waals surface area contributed by atoms with E-state index < -0.39 is 6.16 Å². The summed E-state index contributed by atoms with van der Waals surface area (Å²) in [6.07, 6.45) is 1.01. The molecule has 0 N–H and O–H groups in total. The zero-order valence-electron chi connectivity index (χ0n) is 17.9. The second kappa shape index (κ2) is 10.6. The van der Waals surface area contributed by atoms with Crippen LogP contribution in [0.1, 0.15) is 55.4 Å². The predicted molar refractivity (Wildman–Crippen MR) is 116 cm³/mol. The van der Waals surface area contributed by atoms with Crippen molar-refractivity contribution in [2.45, 2.75) is 66.5 Å². The summed E-state index contributed by atoms with van der Waals surface area (Å²) in [6, 6.07) is 5.80. The molecule has 1 aromatic heterocycles. The van der Waals surface area contributed by atoms with Crippen LogP contribution >= 0.6 is 21.6 Å². The molecular formula is C21H35NO3S2. The molecule has 1 unspecified atom stereocenters. The maximum Gasteiger partial charge on any atom is 0.508 e. The van der Waals surface area contributed by atoms with E-state index in [4.69, 9.17) is 9.47 Å².